The van der Waals surface area contributed by atoms with Gasteiger partial charge in [0.25, 0.3) is 0 Å². The van der Waals surface area contributed by atoms with E-state index >= 15 is 0 Å². The molecular weight excluding hydrogens is 304 g/mol. The standard InChI is InChI=1S/C15H21BrN2O/c1-18(15(19)14-7-2-3-9-17-14)10-8-12-5-4-6-13(16)11-12/h4-6,11,14,17H,2-3,7-10H2,1H3. The Hall–Kier alpha value is -0.870. The molecule has 0 aliphatic carbocycles. The van der Waals surface area contributed by atoms with E-state index in [1.165, 1.54) is 12.0 Å². The van der Waals surface area contributed by atoms with Crippen molar-refractivity contribution in [3.8, 4) is 0 Å². The summed E-state index contributed by atoms with van der Waals surface area (Å²) in [4.78, 5) is 14.1. The zero-order chi connectivity index (χ0) is 13.7. The first-order chi connectivity index (χ1) is 9.16. The van der Waals surface area contributed by atoms with Crippen LogP contribution in [-0.2, 0) is 11.2 Å². The number of piperidine rings is 1. The van der Waals surface area contributed by atoms with Crippen LogP contribution >= 0.6 is 15.9 Å². The molecule has 1 unspecified atom stereocenters. The summed E-state index contributed by atoms with van der Waals surface area (Å²) in [5.74, 6) is 0.231. The number of hydrogen-bond donors (Lipinski definition) is 1. The Morgan fingerprint density at radius 3 is 3.00 bits per heavy atom. The summed E-state index contributed by atoms with van der Waals surface area (Å²) in [5.41, 5.74) is 1.26. The molecule has 0 spiro atoms. The van der Waals surface area contributed by atoms with E-state index in [2.05, 4.69) is 33.4 Å². The molecular formula is C15H21BrN2O. The van der Waals surface area contributed by atoms with Crippen LogP contribution in [0.5, 0.6) is 0 Å². The molecule has 3 nitrogen and oxygen atoms in total. The van der Waals surface area contributed by atoms with Crippen LogP contribution < -0.4 is 5.32 Å². The molecule has 1 fully saturated rings. The van der Waals surface area contributed by atoms with E-state index in [1.54, 1.807) is 0 Å². The Kier molecular flexibility index (Phi) is 5.40. The molecule has 1 amide bonds. The lowest BCUT2D eigenvalue weighted by atomic mass is 10.0. The maximum absolute atomic E-state index is 12.2. The quantitative estimate of drug-likeness (QED) is 0.923. The number of nitrogens with zero attached hydrogens (tertiary/aromatic N) is 1. The SMILES string of the molecule is CN(CCc1cccc(Br)c1)C(=O)C1CCCCN1. The predicted octanol–water partition coefficient (Wildman–Crippen LogP) is 2.59. The Morgan fingerprint density at radius 2 is 2.32 bits per heavy atom. The average Bonchev–Trinajstić information content (AvgIpc) is 2.45. The number of benzene rings is 1. The lowest BCUT2D eigenvalue weighted by molar-refractivity contribution is -0.132. The molecule has 1 aliphatic rings. The van der Waals surface area contributed by atoms with Gasteiger partial charge >= 0.3 is 0 Å². The van der Waals surface area contributed by atoms with Crippen molar-refractivity contribution in [1.82, 2.24) is 10.2 Å². The summed E-state index contributed by atoms with van der Waals surface area (Å²) >= 11 is 3.47. The highest BCUT2D eigenvalue weighted by Gasteiger charge is 2.23. The van der Waals surface area contributed by atoms with Gasteiger partial charge in [-0.1, -0.05) is 34.5 Å². The van der Waals surface area contributed by atoms with Crippen LogP contribution in [0.1, 0.15) is 24.8 Å². The lowest BCUT2D eigenvalue weighted by Gasteiger charge is -2.27. The maximum atomic E-state index is 12.2. The second-order valence-corrected chi connectivity index (χ2v) is 6.06. The monoisotopic (exact) mass is 324 g/mol. The minimum Gasteiger partial charge on any atom is -0.344 e. The zero-order valence-corrected chi connectivity index (χ0v) is 12.9. The van der Waals surface area contributed by atoms with E-state index in [4.69, 9.17) is 0 Å². The first kappa shape index (κ1) is 14.5. The van der Waals surface area contributed by atoms with Crippen molar-refractivity contribution in [1.29, 1.82) is 0 Å². The van der Waals surface area contributed by atoms with Gasteiger partial charge in [0, 0.05) is 18.1 Å². The topological polar surface area (TPSA) is 32.3 Å². The highest BCUT2D eigenvalue weighted by atomic mass is 79.9. The largest absolute Gasteiger partial charge is 0.344 e. The van der Waals surface area contributed by atoms with Crippen LogP contribution in [0.15, 0.2) is 28.7 Å². The van der Waals surface area contributed by atoms with Gasteiger partial charge < -0.3 is 10.2 Å². The van der Waals surface area contributed by atoms with Crippen molar-refractivity contribution in [2.75, 3.05) is 20.1 Å². The lowest BCUT2D eigenvalue weighted by Crippen LogP contribution is -2.47. The predicted molar refractivity (Wildman–Crippen MR) is 81.1 cm³/mol. The van der Waals surface area contributed by atoms with E-state index in [-0.39, 0.29) is 11.9 Å². The Labute approximate surface area is 123 Å². The molecule has 0 radical (unpaired) electrons. The van der Waals surface area contributed by atoms with Gasteiger partial charge in [0.05, 0.1) is 6.04 Å². The van der Waals surface area contributed by atoms with E-state index in [0.29, 0.717) is 0 Å². The Balaban J connectivity index is 1.83. The molecule has 1 atom stereocenters. The molecule has 19 heavy (non-hydrogen) atoms. The first-order valence-corrected chi connectivity index (χ1v) is 7.69. The number of amides is 1. The van der Waals surface area contributed by atoms with E-state index in [9.17, 15) is 4.79 Å². The summed E-state index contributed by atoms with van der Waals surface area (Å²) in [7, 11) is 1.90. The van der Waals surface area contributed by atoms with Gasteiger partial charge in [0.15, 0.2) is 0 Å². The van der Waals surface area contributed by atoms with E-state index < -0.39 is 0 Å². The molecule has 0 aromatic heterocycles. The van der Waals surface area contributed by atoms with Gasteiger partial charge in [0.2, 0.25) is 5.91 Å². The fourth-order valence-corrected chi connectivity index (χ4v) is 2.87. The molecule has 1 aliphatic heterocycles. The molecule has 1 aromatic rings. The Bertz CT molecular complexity index is 430. The number of carbonyl (C=O) groups excluding carboxylic acids is 1. The number of likely N-dealkylation sites (N-methyl/N-ethyl adjacent to an activating group) is 1. The van der Waals surface area contributed by atoms with Crippen LogP contribution in [0.2, 0.25) is 0 Å². The number of halogens is 1. The van der Waals surface area contributed by atoms with Crippen molar-refractivity contribution in [3.63, 3.8) is 0 Å². The molecule has 1 aromatic carbocycles. The zero-order valence-electron chi connectivity index (χ0n) is 11.4. The minimum absolute atomic E-state index is 0.0289. The third kappa shape index (κ3) is 4.32. The molecule has 1 heterocycles. The average molecular weight is 325 g/mol. The van der Waals surface area contributed by atoms with Crippen LogP contribution in [0.25, 0.3) is 0 Å². The molecule has 0 bridgehead atoms. The summed E-state index contributed by atoms with van der Waals surface area (Å²) in [6, 6.07) is 8.29. The molecule has 0 saturated carbocycles. The van der Waals surface area contributed by atoms with E-state index in [1.807, 2.05) is 24.1 Å². The molecule has 1 saturated heterocycles. The van der Waals surface area contributed by atoms with Crippen molar-refractivity contribution in [2.45, 2.75) is 31.7 Å². The third-order valence-electron chi connectivity index (χ3n) is 3.61. The van der Waals surface area contributed by atoms with Crippen LogP contribution in [0.4, 0.5) is 0 Å². The Morgan fingerprint density at radius 1 is 1.47 bits per heavy atom. The second-order valence-electron chi connectivity index (χ2n) is 5.14. The molecule has 1 N–H and O–H groups in total. The van der Waals surface area contributed by atoms with Gasteiger partial charge in [-0.25, -0.2) is 0 Å². The number of nitrogens with one attached hydrogen (secondary N) is 1. The number of hydrogen-bond acceptors (Lipinski definition) is 2. The molecule has 4 heteroatoms. The first-order valence-electron chi connectivity index (χ1n) is 6.89. The van der Waals surface area contributed by atoms with Gasteiger partial charge in [0.1, 0.15) is 0 Å². The fraction of sp³-hybridized carbons (Fsp3) is 0.533. The van der Waals surface area contributed by atoms with Crippen LogP contribution in [0.3, 0.4) is 0 Å². The van der Waals surface area contributed by atoms with Crippen LogP contribution in [-0.4, -0.2) is 37.0 Å². The highest BCUT2D eigenvalue weighted by Crippen LogP contribution is 2.13. The van der Waals surface area contributed by atoms with Crippen molar-refractivity contribution < 1.29 is 4.79 Å². The third-order valence-corrected chi connectivity index (χ3v) is 4.10. The normalized spacial score (nSPS) is 19.2. The molecule has 2 rings (SSSR count). The summed E-state index contributed by atoms with van der Waals surface area (Å²) in [5, 5.41) is 3.31. The second kappa shape index (κ2) is 7.06. The maximum Gasteiger partial charge on any atom is 0.239 e. The van der Waals surface area contributed by atoms with Crippen molar-refractivity contribution >= 4 is 21.8 Å². The van der Waals surface area contributed by atoms with Gasteiger partial charge in [-0.15, -0.1) is 0 Å². The summed E-state index contributed by atoms with van der Waals surface area (Å²) in [6.07, 6.45) is 4.21. The smallest absolute Gasteiger partial charge is 0.239 e. The van der Waals surface area contributed by atoms with Crippen molar-refractivity contribution in [2.24, 2.45) is 0 Å². The van der Waals surface area contributed by atoms with Gasteiger partial charge in [-0.3, -0.25) is 4.79 Å². The number of rotatable bonds is 4. The highest BCUT2D eigenvalue weighted by molar-refractivity contribution is 9.10. The summed E-state index contributed by atoms with van der Waals surface area (Å²) < 4.78 is 1.09. The van der Waals surface area contributed by atoms with Crippen molar-refractivity contribution in [3.05, 3.63) is 34.3 Å². The molecule has 104 valence electrons. The van der Waals surface area contributed by atoms with Gasteiger partial charge in [-0.2, -0.15) is 0 Å². The fourth-order valence-electron chi connectivity index (χ4n) is 2.43. The number of carbonyl (C=O) groups is 1. The minimum atomic E-state index is 0.0289. The van der Waals surface area contributed by atoms with E-state index in [0.717, 1.165) is 36.8 Å². The summed E-state index contributed by atoms with van der Waals surface area (Å²) in [6.45, 7) is 1.74. The van der Waals surface area contributed by atoms with Crippen LogP contribution in [0, 0.1) is 0 Å². The van der Waals surface area contributed by atoms with Gasteiger partial charge in [-0.05, 0) is 43.5 Å².